The fourth-order valence-corrected chi connectivity index (χ4v) is 2.07. The topological polar surface area (TPSA) is 47.1 Å². The summed E-state index contributed by atoms with van der Waals surface area (Å²) in [5.41, 5.74) is 5.82. The summed E-state index contributed by atoms with van der Waals surface area (Å²) in [6.45, 7) is 5.41. The second-order valence-corrected chi connectivity index (χ2v) is 4.07. The van der Waals surface area contributed by atoms with Gasteiger partial charge in [0.05, 0.1) is 12.2 Å². The molecule has 1 aliphatic heterocycles. The van der Waals surface area contributed by atoms with E-state index in [1.54, 1.807) is 6.20 Å². The average Bonchev–Trinajstić information content (AvgIpc) is 2.75. The molecule has 2 heterocycles. The van der Waals surface area contributed by atoms with E-state index < -0.39 is 0 Å². The van der Waals surface area contributed by atoms with Crippen molar-refractivity contribution in [3.63, 3.8) is 0 Å². The molecule has 1 aromatic rings. The van der Waals surface area contributed by atoms with Crippen LogP contribution in [0.1, 0.15) is 19.4 Å². The number of nitrogen functional groups attached to an aromatic ring is 1. The van der Waals surface area contributed by atoms with Gasteiger partial charge in [-0.25, -0.2) is 4.68 Å². The fourth-order valence-electron chi connectivity index (χ4n) is 1.94. The Labute approximate surface area is 88.6 Å². The molecule has 0 radical (unpaired) electrons. The minimum absolute atomic E-state index is 0.391. The van der Waals surface area contributed by atoms with Gasteiger partial charge in [0.2, 0.25) is 0 Å². The summed E-state index contributed by atoms with van der Waals surface area (Å²) in [7, 11) is 0. The van der Waals surface area contributed by atoms with Crippen molar-refractivity contribution < 1.29 is 0 Å². The standard InChI is InChI=1S/C9H15ClN4/c1-2-13-4-3-7(6-13)14-9(11)8(10)5-12-14/h5,7H,2-4,6,11H2,1H3. The number of aromatic nitrogens is 2. The van der Waals surface area contributed by atoms with Crippen molar-refractivity contribution in [2.75, 3.05) is 25.4 Å². The number of halogens is 1. The van der Waals surface area contributed by atoms with Gasteiger partial charge in [-0.05, 0) is 13.0 Å². The van der Waals surface area contributed by atoms with Crippen molar-refractivity contribution in [3.8, 4) is 0 Å². The van der Waals surface area contributed by atoms with E-state index in [0.717, 1.165) is 26.1 Å². The van der Waals surface area contributed by atoms with E-state index in [-0.39, 0.29) is 0 Å². The minimum atomic E-state index is 0.391. The van der Waals surface area contributed by atoms with Gasteiger partial charge in [0.15, 0.2) is 0 Å². The van der Waals surface area contributed by atoms with Gasteiger partial charge in [0, 0.05) is 13.1 Å². The van der Waals surface area contributed by atoms with E-state index in [0.29, 0.717) is 16.9 Å². The van der Waals surface area contributed by atoms with Crippen LogP contribution in [0.25, 0.3) is 0 Å². The first-order valence-electron chi connectivity index (χ1n) is 4.93. The molecule has 1 aromatic heterocycles. The molecule has 1 unspecified atom stereocenters. The van der Waals surface area contributed by atoms with E-state index in [9.17, 15) is 0 Å². The zero-order valence-electron chi connectivity index (χ0n) is 8.28. The second-order valence-electron chi connectivity index (χ2n) is 3.66. The smallest absolute Gasteiger partial charge is 0.140 e. The van der Waals surface area contributed by atoms with Crippen molar-refractivity contribution in [2.45, 2.75) is 19.4 Å². The van der Waals surface area contributed by atoms with Crippen LogP contribution in [0, 0.1) is 0 Å². The highest BCUT2D eigenvalue weighted by Gasteiger charge is 2.24. The fraction of sp³-hybridized carbons (Fsp3) is 0.667. The Hall–Kier alpha value is -0.740. The first-order chi connectivity index (χ1) is 6.72. The SMILES string of the molecule is CCN1CCC(n2ncc(Cl)c2N)C1. The number of anilines is 1. The van der Waals surface area contributed by atoms with Gasteiger partial charge in [-0.3, -0.25) is 0 Å². The van der Waals surface area contributed by atoms with Crippen molar-refractivity contribution in [1.82, 2.24) is 14.7 Å². The molecule has 1 aliphatic rings. The predicted octanol–water partition coefficient (Wildman–Crippen LogP) is 1.39. The number of nitrogens with two attached hydrogens (primary N) is 1. The summed E-state index contributed by atoms with van der Waals surface area (Å²) in [6.07, 6.45) is 2.72. The Kier molecular flexibility index (Phi) is 2.65. The third-order valence-electron chi connectivity index (χ3n) is 2.83. The van der Waals surface area contributed by atoms with Gasteiger partial charge in [-0.1, -0.05) is 18.5 Å². The highest BCUT2D eigenvalue weighted by atomic mass is 35.5. The van der Waals surface area contributed by atoms with Crippen LogP contribution in [0.4, 0.5) is 5.82 Å². The predicted molar refractivity (Wildman–Crippen MR) is 57.4 cm³/mol. The number of hydrogen-bond donors (Lipinski definition) is 1. The number of rotatable bonds is 2. The number of likely N-dealkylation sites (tertiary alicyclic amines) is 1. The number of hydrogen-bond acceptors (Lipinski definition) is 3. The van der Waals surface area contributed by atoms with Crippen LogP contribution in [0.15, 0.2) is 6.20 Å². The molecule has 1 saturated heterocycles. The highest BCUT2D eigenvalue weighted by Crippen LogP contribution is 2.26. The maximum atomic E-state index is 5.86. The molecule has 0 saturated carbocycles. The molecular weight excluding hydrogens is 200 g/mol. The molecule has 5 heteroatoms. The normalized spacial score (nSPS) is 23.1. The van der Waals surface area contributed by atoms with Gasteiger partial charge in [-0.2, -0.15) is 5.10 Å². The van der Waals surface area contributed by atoms with Crippen molar-refractivity contribution in [1.29, 1.82) is 0 Å². The van der Waals surface area contributed by atoms with Crippen LogP contribution >= 0.6 is 11.6 Å². The lowest BCUT2D eigenvalue weighted by atomic mass is 10.3. The van der Waals surface area contributed by atoms with Crippen LogP contribution in [-0.2, 0) is 0 Å². The van der Waals surface area contributed by atoms with E-state index in [1.807, 2.05) is 4.68 Å². The molecule has 0 aliphatic carbocycles. The van der Waals surface area contributed by atoms with Crippen LogP contribution < -0.4 is 5.73 Å². The molecule has 14 heavy (non-hydrogen) atoms. The Balaban J connectivity index is 2.13. The van der Waals surface area contributed by atoms with E-state index in [1.165, 1.54) is 0 Å². The first-order valence-corrected chi connectivity index (χ1v) is 5.31. The molecule has 1 fully saturated rings. The van der Waals surface area contributed by atoms with Gasteiger partial charge in [0.1, 0.15) is 10.8 Å². The van der Waals surface area contributed by atoms with Crippen molar-refractivity contribution in [2.24, 2.45) is 0 Å². The summed E-state index contributed by atoms with van der Waals surface area (Å²) >= 11 is 5.86. The monoisotopic (exact) mass is 214 g/mol. The molecular formula is C9H15ClN4. The highest BCUT2D eigenvalue weighted by molar-refractivity contribution is 6.32. The van der Waals surface area contributed by atoms with Crippen LogP contribution in [0.2, 0.25) is 5.02 Å². The molecule has 2 N–H and O–H groups in total. The Morgan fingerprint density at radius 1 is 1.71 bits per heavy atom. The van der Waals surface area contributed by atoms with Crippen LogP contribution in [0.5, 0.6) is 0 Å². The molecule has 0 aromatic carbocycles. The molecule has 0 bridgehead atoms. The molecule has 4 nitrogen and oxygen atoms in total. The van der Waals surface area contributed by atoms with Crippen molar-refractivity contribution in [3.05, 3.63) is 11.2 Å². The zero-order chi connectivity index (χ0) is 10.1. The van der Waals surface area contributed by atoms with Gasteiger partial charge >= 0.3 is 0 Å². The average molecular weight is 215 g/mol. The first kappa shape index (κ1) is 9.80. The van der Waals surface area contributed by atoms with Gasteiger partial charge < -0.3 is 10.6 Å². The summed E-state index contributed by atoms with van der Waals surface area (Å²) in [4.78, 5) is 2.39. The molecule has 1 atom stereocenters. The minimum Gasteiger partial charge on any atom is -0.383 e. The third-order valence-corrected chi connectivity index (χ3v) is 3.12. The van der Waals surface area contributed by atoms with Crippen LogP contribution in [0.3, 0.4) is 0 Å². The third kappa shape index (κ3) is 1.60. The lowest BCUT2D eigenvalue weighted by Gasteiger charge is -2.14. The zero-order valence-corrected chi connectivity index (χ0v) is 9.04. The molecule has 2 rings (SSSR count). The van der Waals surface area contributed by atoms with E-state index in [4.69, 9.17) is 17.3 Å². The van der Waals surface area contributed by atoms with Crippen molar-refractivity contribution >= 4 is 17.4 Å². The Morgan fingerprint density at radius 2 is 2.50 bits per heavy atom. The van der Waals surface area contributed by atoms with Gasteiger partial charge in [-0.15, -0.1) is 0 Å². The molecule has 0 amide bonds. The summed E-state index contributed by atoms with van der Waals surface area (Å²) in [5.74, 6) is 0.592. The summed E-state index contributed by atoms with van der Waals surface area (Å²) in [6, 6.07) is 0.391. The van der Waals surface area contributed by atoms with E-state index >= 15 is 0 Å². The summed E-state index contributed by atoms with van der Waals surface area (Å²) < 4.78 is 1.85. The Bertz CT molecular complexity index is 323. The largest absolute Gasteiger partial charge is 0.383 e. The molecule has 78 valence electrons. The molecule has 0 spiro atoms. The quantitative estimate of drug-likeness (QED) is 0.810. The lowest BCUT2D eigenvalue weighted by Crippen LogP contribution is -2.21. The van der Waals surface area contributed by atoms with E-state index in [2.05, 4.69) is 16.9 Å². The number of likely N-dealkylation sites (N-methyl/N-ethyl adjacent to an activating group) is 1. The Morgan fingerprint density at radius 3 is 3.00 bits per heavy atom. The number of nitrogens with zero attached hydrogens (tertiary/aromatic N) is 3. The maximum absolute atomic E-state index is 5.86. The maximum Gasteiger partial charge on any atom is 0.140 e. The van der Waals surface area contributed by atoms with Gasteiger partial charge in [0.25, 0.3) is 0 Å². The summed E-state index contributed by atoms with van der Waals surface area (Å²) in [5, 5.41) is 4.75. The lowest BCUT2D eigenvalue weighted by molar-refractivity contribution is 0.336. The second kappa shape index (κ2) is 3.79. The van der Waals surface area contributed by atoms with Crippen LogP contribution in [-0.4, -0.2) is 34.3 Å².